The second kappa shape index (κ2) is 16.6. The van der Waals surface area contributed by atoms with E-state index in [1.165, 1.54) is 57.8 Å². The molecule has 0 saturated heterocycles. The van der Waals surface area contributed by atoms with Gasteiger partial charge in [0, 0.05) is 22.9 Å². The summed E-state index contributed by atoms with van der Waals surface area (Å²) in [6.45, 7) is 6.18. The zero-order valence-corrected chi connectivity index (χ0v) is 29.1. The van der Waals surface area contributed by atoms with Gasteiger partial charge in [0.05, 0.1) is 29.0 Å². The molecule has 0 amide bonds. The van der Waals surface area contributed by atoms with E-state index in [0.717, 1.165) is 47.7 Å². The number of hydrogen-bond acceptors (Lipinski definition) is 7. The first-order valence-electron chi connectivity index (χ1n) is 18.3. The normalized spacial score (nSPS) is 16.6. The minimum absolute atomic E-state index is 0.0959. The van der Waals surface area contributed by atoms with E-state index in [4.69, 9.17) is 14.5 Å². The van der Waals surface area contributed by atoms with E-state index in [2.05, 4.69) is 26.0 Å². The van der Waals surface area contributed by atoms with Crippen molar-refractivity contribution in [3.8, 4) is 17.1 Å². The van der Waals surface area contributed by atoms with Gasteiger partial charge in [-0.1, -0.05) is 84.3 Å². The van der Waals surface area contributed by atoms with E-state index >= 15 is 0 Å². The number of esters is 2. The SMILES string of the molecule is CCCCCCCC/C=C\CCCCCCCC(=O)Oc1ccc2nc3c(c(CC)c2c1)Cn1c-3cc2c(c1=O)COC(=O)[C@]2(O)CC. The Hall–Kier alpha value is -3.78. The van der Waals surface area contributed by atoms with Crippen molar-refractivity contribution in [2.24, 2.45) is 0 Å². The lowest BCUT2D eigenvalue weighted by molar-refractivity contribution is -0.172. The van der Waals surface area contributed by atoms with Crippen LogP contribution in [-0.2, 0) is 39.5 Å². The summed E-state index contributed by atoms with van der Waals surface area (Å²) < 4.78 is 12.6. The van der Waals surface area contributed by atoms with Gasteiger partial charge in [-0.2, -0.15) is 0 Å². The lowest BCUT2D eigenvalue weighted by Crippen LogP contribution is -2.44. The molecule has 0 fully saturated rings. The summed E-state index contributed by atoms with van der Waals surface area (Å²) in [6.07, 6.45) is 21.6. The Labute approximate surface area is 284 Å². The van der Waals surface area contributed by atoms with Crippen molar-refractivity contribution in [1.29, 1.82) is 0 Å². The molecular weight excluding hydrogens is 604 g/mol. The number of allylic oxidation sites excluding steroid dienone is 2. The largest absolute Gasteiger partial charge is 0.458 e. The number of ether oxygens (including phenoxy) is 2. The summed E-state index contributed by atoms with van der Waals surface area (Å²) in [5.41, 5.74) is 2.41. The van der Waals surface area contributed by atoms with Crippen LogP contribution in [0.5, 0.6) is 5.75 Å². The smallest absolute Gasteiger partial charge is 0.343 e. The first-order chi connectivity index (χ1) is 23.3. The summed E-state index contributed by atoms with van der Waals surface area (Å²) in [5.74, 6) is -0.479. The van der Waals surface area contributed by atoms with Crippen molar-refractivity contribution in [2.45, 2.75) is 142 Å². The molecule has 0 spiro atoms. The molecule has 0 bridgehead atoms. The van der Waals surface area contributed by atoms with Gasteiger partial charge in [-0.3, -0.25) is 9.59 Å². The quantitative estimate of drug-likeness (QED) is 0.0495. The standard InChI is InChI=1S/C40H52N2O6/c1-4-7-8-9-10-11-12-13-14-15-16-17-18-19-20-21-36(43)48-28-22-23-34-30(24-28)29(5-2)31-26-42-35(37(31)41-34)25-33-32(38(42)44)27-47-39(45)40(33,46)6-3/h13-14,22-25,46H,4-12,15-21,26-27H2,1-3H3/b14-13-/t40-/m0/s1. The second-order valence-electron chi connectivity index (χ2n) is 13.4. The lowest BCUT2D eigenvalue weighted by atomic mass is 9.86. The number of pyridine rings is 2. The monoisotopic (exact) mass is 656 g/mol. The number of hydrogen-bond donors (Lipinski definition) is 1. The van der Waals surface area contributed by atoms with Crippen molar-refractivity contribution in [2.75, 3.05) is 0 Å². The topological polar surface area (TPSA) is 108 Å². The van der Waals surface area contributed by atoms with Crippen LogP contribution in [-0.4, -0.2) is 26.6 Å². The van der Waals surface area contributed by atoms with Crippen molar-refractivity contribution in [3.63, 3.8) is 0 Å². The molecule has 2 aromatic heterocycles. The van der Waals surface area contributed by atoms with Crippen molar-refractivity contribution >= 4 is 22.8 Å². The summed E-state index contributed by atoms with van der Waals surface area (Å²) in [7, 11) is 0. The molecule has 0 radical (unpaired) electrons. The molecule has 0 unspecified atom stereocenters. The molecule has 2 aliphatic heterocycles. The summed E-state index contributed by atoms with van der Waals surface area (Å²) >= 11 is 0. The van der Waals surface area contributed by atoms with E-state index in [1.807, 2.05) is 12.1 Å². The fourth-order valence-corrected chi connectivity index (χ4v) is 7.13. The van der Waals surface area contributed by atoms with Gasteiger partial charge in [-0.25, -0.2) is 9.78 Å². The summed E-state index contributed by atoms with van der Waals surface area (Å²) in [6, 6.07) is 7.21. The number of aromatic nitrogens is 2. The number of benzene rings is 1. The van der Waals surface area contributed by atoms with Gasteiger partial charge in [0.25, 0.3) is 5.56 Å². The molecule has 1 atom stereocenters. The van der Waals surface area contributed by atoms with Crippen LogP contribution in [0.3, 0.4) is 0 Å². The maximum atomic E-state index is 13.6. The van der Waals surface area contributed by atoms with E-state index < -0.39 is 11.6 Å². The maximum Gasteiger partial charge on any atom is 0.343 e. The highest BCUT2D eigenvalue weighted by atomic mass is 16.6. The highest BCUT2D eigenvalue weighted by Gasteiger charge is 2.45. The number of carbonyl (C=O) groups excluding carboxylic acids is 2. The average Bonchev–Trinajstić information content (AvgIpc) is 3.45. The zero-order chi connectivity index (χ0) is 34.1. The summed E-state index contributed by atoms with van der Waals surface area (Å²) in [4.78, 5) is 43.7. The van der Waals surface area contributed by atoms with Crippen LogP contribution < -0.4 is 10.3 Å². The highest BCUT2D eigenvalue weighted by Crippen LogP contribution is 2.40. The molecule has 0 saturated carbocycles. The fourth-order valence-electron chi connectivity index (χ4n) is 7.13. The number of carbonyl (C=O) groups is 2. The van der Waals surface area contributed by atoms with E-state index in [1.54, 1.807) is 23.6 Å². The lowest BCUT2D eigenvalue weighted by Gasteiger charge is -2.31. The van der Waals surface area contributed by atoms with E-state index in [9.17, 15) is 19.5 Å². The average molecular weight is 657 g/mol. The first kappa shape index (κ1) is 35.5. The molecule has 1 N–H and O–H groups in total. The fraction of sp³-hybridized carbons (Fsp3) is 0.550. The maximum absolute atomic E-state index is 13.6. The van der Waals surface area contributed by atoms with Crippen LogP contribution in [0.2, 0.25) is 0 Å². The number of rotatable bonds is 18. The Morgan fingerprint density at radius 2 is 1.62 bits per heavy atom. The number of aryl methyl sites for hydroxylation is 1. The number of nitrogens with zero attached hydrogens (tertiary/aromatic N) is 2. The first-order valence-corrected chi connectivity index (χ1v) is 18.3. The van der Waals surface area contributed by atoms with Crippen LogP contribution in [0.15, 0.2) is 41.2 Å². The van der Waals surface area contributed by atoms with Gasteiger partial charge >= 0.3 is 11.9 Å². The van der Waals surface area contributed by atoms with Gasteiger partial charge in [-0.15, -0.1) is 0 Å². The van der Waals surface area contributed by atoms with Gasteiger partial charge < -0.3 is 19.1 Å². The Bertz CT molecular complexity index is 1710. The number of aliphatic hydroxyl groups is 1. The third-order valence-corrected chi connectivity index (χ3v) is 10.0. The van der Waals surface area contributed by atoms with Gasteiger partial charge in [0.15, 0.2) is 5.60 Å². The number of fused-ring (bicyclic) bond motifs is 5. The Morgan fingerprint density at radius 3 is 2.31 bits per heavy atom. The third-order valence-electron chi connectivity index (χ3n) is 10.0. The predicted molar refractivity (Wildman–Crippen MR) is 189 cm³/mol. The van der Waals surface area contributed by atoms with Gasteiger partial charge in [0.1, 0.15) is 12.4 Å². The second-order valence-corrected chi connectivity index (χ2v) is 13.4. The van der Waals surface area contributed by atoms with Crippen LogP contribution in [0, 0.1) is 0 Å². The van der Waals surface area contributed by atoms with Crippen molar-refractivity contribution < 1.29 is 24.2 Å². The van der Waals surface area contributed by atoms with E-state index in [0.29, 0.717) is 47.7 Å². The van der Waals surface area contributed by atoms with Crippen LogP contribution in [0.25, 0.3) is 22.3 Å². The highest BCUT2D eigenvalue weighted by molar-refractivity contribution is 5.90. The van der Waals surface area contributed by atoms with Gasteiger partial charge in [-0.05, 0) is 74.8 Å². The minimum atomic E-state index is -1.86. The van der Waals surface area contributed by atoms with E-state index in [-0.39, 0.29) is 24.6 Å². The molecule has 5 rings (SSSR count). The molecular formula is C40H52N2O6. The Morgan fingerprint density at radius 1 is 0.938 bits per heavy atom. The molecule has 0 aliphatic carbocycles. The molecule has 8 heteroatoms. The Kier molecular flexibility index (Phi) is 12.3. The minimum Gasteiger partial charge on any atom is -0.458 e. The molecule has 258 valence electrons. The van der Waals surface area contributed by atoms with Gasteiger partial charge in [0.2, 0.25) is 0 Å². The molecule has 8 nitrogen and oxygen atoms in total. The van der Waals surface area contributed by atoms with Crippen LogP contribution in [0.1, 0.15) is 139 Å². The predicted octanol–water partition coefficient (Wildman–Crippen LogP) is 8.58. The molecule has 48 heavy (non-hydrogen) atoms. The summed E-state index contributed by atoms with van der Waals surface area (Å²) in [5, 5.41) is 12.0. The van der Waals surface area contributed by atoms with Crippen molar-refractivity contribution in [1.82, 2.24) is 9.55 Å². The third kappa shape index (κ3) is 7.75. The number of cyclic esters (lactones) is 1. The zero-order valence-electron chi connectivity index (χ0n) is 29.1. The van der Waals surface area contributed by atoms with Crippen molar-refractivity contribution in [3.05, 3.63) is 69.0 Å². The Balaban J connectivity index is 1.14. The van der Waals surface area contributed by atoms with Crippen LogP contribution in [0.4, 0.5) is 0 Å². The van der Waals surface area contributed by atoms with Crippen LogP contribution >= 0.6 is 0 Å². The molecule has 2 aliphatic rings. The number of unbranched alkanes of at least 4 members (excludes halogenated alkanes) is 11. The molecule has 4 heterocycles. The molecule has 3 aromatic rings. The molecule has 1 aromatic carbocycles.